The summed E-state index contributed by atoms with van der Waals surface area (Å²) in [5.74, 6) is 0. The summed E-state index contributed by atoms with van der Waals surface area (Å²) in [6.45, 7) is 1.76. The zero-order chi connectivity index (χ0) is 26.5. The molecule has 0 aliphatic heterocycles. The van der Waals surface area contributed by atoms with Crippen LogP contribution < -0.4 is 11.1 Å². The highest BCUT2D eigenvalue weighted by atomic mass is 19.4. The van der Waals surface area contributed by atoms with Gasteiger partial charge in [-0.3, -0.25) is 19.8 Å². The van der Waals surface area contributed by atoms with E-state index in [1.807, 2.05) is 6.07 Å². The molecule has 0 aliphatic carbocycles. The van der Waals surface area contributed by atoms with E-state index in [4.69, 9.17) is 9.68 Å². The Hall–Kier alpha value is -5.11. The van der Waals surface area contributed by atoms with Crippen LogP contribution in [0.4, 0.5) is 13.2 Å². The molecule has 0 aliphatic rings. The van der Waals surface area contributed by atoms with Crippen molar-refractivity contribution in [2.24, 2.45) is 0 Å². The van der Waals surface area contributed by atoms with Gasteiger partial charge < -0.3 is 4.42 Å². The second kappa shape index (κ2) is 8.53. The van der Waals surface area contributed by atoms with Crippen molar-refractivity contribution in [1.82, 2.24) is 29.2 Å². The second-order valence-electron chi connectivity index (χ2n) is 8.05. The average molecular weight is 508 g/mol. The van der Waals surface area contributed by atoms with Gasteiger partial charge in [-0.1, -0.05) is 6.92 Å². The molecule has 0 atom stereocenters. The lowest BCUT2D eigenvalue weighted by Crippen LogP contribution is -2.27. The van der Waals surface area contributed by atoms with Crippen molar-refractivity contribution >= 4 is 11.3 Å². The number of alkyl halides is 3. The molecule has 11 nitrogen and oxygen atoms in total. The highest BCUT2D eigenvalue weighted by Crippen LogP contribution is 2.31. The molecule has 0 saturated carbocycles. The molecule has 5 rings (SSSR count). The van der Waals surface area contributed by atoms with Gasteiger partial charge in [0, 0.05) is 17.3 Å². The summed E-state index contributed by atoms with van der Waals surface area (Å²) in [6.07, 6.45) is -1.44. The summed E-state index contributed by atoms with van der Waals surface area (Å²) in [5, 5.41) is 24.1. The number of nitrogens with one attached hydrogen (secondary N) is 2. The normalized spacial score (nSPS) is 11.7. The molecule has 37 heavy (non-hydrogen) atoms. The van der Waals surface area contributed by atoms with Crippen LogP contribution in [0.1, 0.15) is 40.6 Å². The molecular formula is C23H15F3N8O3. The van der Waals surface area contributed by atoms with Crippen molar-refractivity contribution < 1.29 is 17.6 Å². The number of hydrogen-bond acceptors (Lipinski definition) is 7. The Balaban J connectivity index is 1.64. The molecule has 0 amide bonds. The van der Waals surface area contributed by atoms with E-state index in [9.17, 15) is 28.0 Å². The van der Waals surface area contributed by atoms with E-state index in [0.717, 1.165) is 15.2 Å². The monoisotopic (exact) mass is 508 g/mol. The van der Waals surface area contributed by atoms with Crippen LogP contribution in [-0.4, -0.2) is 29.2 Å². The van der Waals surface area contributed by atoms with Gasteiger partial charge in [0.2, 0.25) is 0 Å². The molecular weight excluding hydrogens is 493 g/mol. The van der Waals surface area contributed by atoms with E-state index < -0.39 is 40.6 Å². The predicted molar refractivity (Wildman–Crippen MR) is 121 cm³/mol. The lowest BCUT2D eigenvalue weighted by atomic mass is 10.0. The number of fused-ring (bicyclic) bond motifs is 2. The summed E-state index contributed by atoms with van der Waals surface area (Å²) >= 11 is 0. The lowest BCUT2D eigenvalue weighted by molar-refractivity contribution is -0.141. The molecule has 14 heteroatoms. The first-order chi connectivity index (χ1) is 17.7. The molecule has 0 aromatic carbocycles. The topological polar surface area (TPSA) is 161 Å². The average Bonchev–Trinajstić information content (AvgIpc) is 3.60. The lowest BCUT2D eigenvalue weighted by Gasteiger charge is -2.11. The number of halogens is 3. The van der Waals surface area contributed by atoms with E-state index in [1.54, 1.807) is 19.1 Å². The van der Waals surface area contributed by atoms with Crippen molar-refractivity contribution in [1.29, 1.82) is 10.5 Å². The van der Waals surface area contributed by atoms with E-state index in [-0.39, 0.29) is 28.9 Å². The third-order valence-corrected chi connectivity index (χ3v) is 5.98. The summed E-state index contributed by atoms with van der Waals surface area (Å²) in [6, 6.07) is 5.25. The van der Waals surface area contributed by atoms with Crippen LogP contribution >= 0.6 is 0 Å². The molecule has 5 heterocycles. The Bertz CT molecular complexity index is 1880. The van der Waals surface area contributed by atoms with Gasteiger partial charge in [0.25, 0.3) is 11.1 Å². The van der Waals surface area contributed by atoms with Gasteiger partial charge in [0.15, 0.2) is 17.0 Å². The third-order valence-electron chi connectivity index (χ3n) is 5.98. The smallest absolute Gasteiger partial charge is 0.433 e. The molecule has 0 radical (unpaired) electrons. The number of H-pyrrole nitrogens is 2. The molecule has 0 unspecified atom stereocenters. The number of hydrogen-bond donors (Lipinski definition) is 2. The minimum atomic E-state index is -4.97. The van der Waals surface area contributed by atoms with Crippen molar-refractivity contribution in [3.05, 3.63) is 79.1 Å². The number of rotatable bonds is 5. The van der Waals surface area contributed by atoms with Crippen molar-refractivity contribution in [2.75, 3.05) is 0 Å². The summed E-state index contributed by atoms with van der Waals surface area (Å²) in [7, 11) is 0. The van der Waals surface area contributed by atoms with Gasteiger partial charge in [-0.2, -0.15) is 28.2 Å². The van der Waals surface area contributed by atoms with Crippen LogP contribution in [0.3, 0.4) is 0 Å². The van der Waals surface area contributed by atoms with Crippen LogP contribution in [0.15, 0.2) is 38.8 Å². The number of nitriles is 2. The Morgan fingerprint density at radius 3 is 2.43 bits per heavy atom. The van der Waals surface area contributed by atoms with Gasteiger partial charge in [0.1, 0.15) is 23.3 Å². The Morgan fingerprint density at radius 2 is 1.81 bits per heavy atom. The minimum absolute atomic E-state index is 0.000254. The summed E-state index contributed by atoms with van der Waals surface area (Å²) in [5.41, 5.74) is -2.95. The molecule has 5 aromatic heterocycles. The van der Waals surface area contributed by atoms with Crippen molar-refractivity contribution in [3.63, 3.8) is 0 Å². The highest BCUT2D eigenvalue weighted by molar-refractivity contribution is 5.67. The maximum atomic E-state index is 13.8. The summed E-state index contributed by atoms with van der Waals surface area (Å²) in [4.78, 5) is 34.1. The van der Waals surface area contributed by atoms with Crippen LogP contribution in [0.5, 0.6) is 0 Å². The van der Waals surface area contributed by atoms with Crippen molar-refractivity contribution in [3.8, 4) is 23.4 Å². The standard InChI is InChI=1S/C23H15F3N8O3/c1-2-13-17(11-5-6-37-10-11)30-20-15(8-28)16(32-34(20)21(13)35)4-3-14-18(23(24,25)26)31-19-12(7-27)9-29-33(19)22(14)36/h5-6,9-10,29,32H,2-4H2,1H3. The van der Waals surface area contributed by atoms with E-state index in [1.165, 1.54) is 12.5 Å². The van der Waals surface area contributed by atoms with Gasteiger partial charge in [0.05, 0.1) is 29.5 Å². The van der Waals surface area contributed by atoms with Crippen molar-refractivity contribution in [2.45, 2.75) is 32.4 Å². The Labute approximate surface area is 204 Å². The highest BCUT2D eigenvalue weighted by Gasteiger charge is 2.38. The number of furan rings is 1. The zero-order valence-electron chi connectivity index (χ0n) is 19.0. The minimum Gasteiger partial charge on any atom is -0.472 e. The largest absolute Gasteiger partial charge is 0.472 e. The molecule has 0 bridgehead atoms. The predicted octanol–water partition coefficient (Wildman–Crippen LogP) is 2.73. The number of aromatic nitrogens is 6. The Kier molecular flexibility index (Phi) is 5.44. The number of nitrogens with zero attached hydrogens (tertiary/aromatic N) is 6. The first-order valence-corrected chi connectivity index (χ1v) is 10.9. The molecule has 186 valence electrons. The van der Waals surface area contributed by atoms with Gasteiger partial charge in [-0.25, -0.2) is 14.5 Å². The SMILES string of the molecule is CCc1c(-c2ccoc2)nc2c(C#N)c(CCc3c(C(F)(F)F)nc4c(C#N)c[nH]n4c3=O)[nH]n2c1=O. The zero-order valence-corrected chi connectivity index (χ0v) is 19.0. The Morgan fingerprint density at radius 1 is 1.05 bits per heavy atom. The van der Waals surface area contributed by atoms with E-state index in [2.05, 4.69) is 20.2 Å². The fourth-order valence-corrected chi connectivity index (χ4v) is 4.25. The first-order valence-electron chi connectivity index (χ1n) is 10.9. The van der Waals surface area contributed by atoms with Crippen LogP contribution in [0.25, 0.3) is 22.6 Å². The fraction of sp³-hybridized carbons (Fsp3) is 0.217. The number of aryl methyl sites for hydroxylation is 1. The van der Waals surface area contributed by atoms with E-state index in [0.29, 0.717) is 23.2 Å². The molecule has 2 N–H and O–H groups in total. The van der Waals surface area contributed by atoms with Crippen LogP contribution in [0.2, 0.25) is 0 Å². The van der Waals surface area contributed by atoms with Gasteiger partial charge in [-0.15, -0.1) is 0 Å². The quantitative estimate of drug-likeness (QED) is 0.369. The maximum absolute atomic E-state index is 13.8. The molecule has 0 saturated heterocycles. The first kappa shape index (κ1) is 23.6. The van der Waals surface area contributed by atoms with Gasteiger partial charge >= 0.3 is 6.18 Å². The second-order valence-corrected chi connectivity index (χ2v) is 8.05. The molecule has 0 fully saturated rings. The molecule has 5 aromatic rings. The fourth-order valence-electron chi connectivity index (χ4n) is 4.25. The van der Waals surface area contributed by atoms with Crippen LogP contribution in [0, 0.1) is 22.7 Å². The number of aromatic amines is 2. The third kappa shape index (κ3) is 3.66. The van der Waals surface area contributed by atoms with E-state index >= 15 is 0 Å². The van der Waals surface area contributed by atoms with Crippen LogP contribution in [-0.2, 0) is 25.4 Å². The maximum Gasteiger partial charge on any atom is 0.433 e. The molecule has 0 spiro atoms. The van der Waals surface area contributed by atoms with Gasteiger partial charge in [-0.05, 0) is 25.3 Å². The summed E-state index contributed by atoms with van der Waals surface area (Å²) < 4.78 is 48.4.